The second-order valence-corrected chi connectivity index (χ2v) is 9.16. The summed E-state index contributed by atoms with van der Waals surface area (Å²) in [4.78, 5) is 4.75. The van der Waals surface area contributed by atoms with E-state index >= 15 is 0 Å². The Kier molecular flexibility index (Phi) is 10.0. The predicted molar refractivity (Wildman–Crippen MR) is 136 cm³/mol. The first kappa shape index (κ1) is 25.9. The third-order valence-electron chi connectivity index (χ3n) is 5.39. The number of hydrogen-bond donors (Lipinski definition) is 2. The molecule has 0 aliphatic carbocycles. The van der Waals surface area contributed by atoms with Crippen LogP contribution in [-0.2, 0) is 24.8 Å². The van der Waals surface area contributed by atoms with E-state index < -0.39 is 0 Å². The van der Waals surface area contributed by atoms with Crippen LogP contribution in [0.4, 0.5) is 0 Å². The van der Waals surface area contributed by atoms with E-state index in [1.165, 1.54) is 5.56 Å². The summed E-state index contributed by atoms with van der Waals surface area (Å²) in [6.07, 6.45) is 3.37. The normalized spacial score (nSPS) is 16.8. The maximum absolute atomic E-state index is 6.15. The molecular formula is C22H34ClIN6O. The van der Waals surface area contributed by atoms with E-state index in [1.54, 1.807) is 0 Å². The number of ether oxygens (including phenoxy) is 1. The van der Waals surface area contributed by atoms with Crippen LogP contribution in [0.5, 0.6) is 0 Å². The molecular weight excluding hydrogens is 527 g/mol. The Morgan fingerprint density at radius 1 is 1.32 bits per heavy atom. The molecule has 2 heterocycles. The molecule has 2 aromatic rings. The first-order valence-corrected chi connectivity index (χ1v) is 10.9. The summed E-state index contributed by atoms with van der Waals surface area (Å²) in [6.45, 7) is 9.25. The average molecular weight is 561 g/mol. The lowest BCUT2D eigenvalue weighted by Crippen LogP contribution is -2.45. The van der Waals surface area contributed by atoms with Crippen LogP contribution in [0.1, 0.15) is 43.9 Å². The zero-order valence-corrected chi connectivity index (χ0v) is 21.9. The van der Waals surface area contributed by atoms with Crippen molar-refractivity contribution in [3.8, 4) is 0 Å². The summed E-state index contributed by atoms with van der Waals surface area (Å²) in [5.41, 5.74) is 1.26. The van der Waals surface area contributed by atoms with Gasteiger partial charge in [-0.25, -0.2) is 4.99 Å². The molecule has 7 nitrogen and oxygen atoms in total. The largest absolute Gasteiger partial charge is 0.376 e. The molecule has 0 radical (unpaired) electrons. The molecule has 1 aliphatic rings. The summed E-state index contributed by atoms with van der Waals surface area (Å²) >= 11 is 6.15. The second-order valence-electron chi connectivity index (χ2n) is 8.73. The Bertz CT molecular complexity index is 863. The van der Waals surface area contributed by atoms with E-state index in [9.17, 15) is 0 Å². The van der Waals surface area contributed by atoms with Gasteiger partial charge in [-0.3, -0.25) is 0 Å². The Labute approximate surface area is 207 Å². The molecule has 1 atom stereocenters. The van der Waals surface area contributed by atoms with Crippen molar-refractivity contribution in [3.05, 3.63) is 46.5 Å². The van der Waals surface area contributed by atoms with Crippen LogP contribution >= 0.6 is 35.6 Å². The highest BCUT2D eigenvalue weighted by Crippen LogP contribution is 2.22. The van der Waals surface area contributed by atoms with E-state index in [0.29, 0.717) is 6.54 Å². The molecule has 0 amide bonds. The van der Waals surface area contributed by atoms with Gasteiger partial charge in [0.15, 0.2) is 11.8 Å². The van der Waals surface area contributed by atoms with Crippen molar-refractivity contribution >= 4 is 41.5 Å². The molecule has 1 unspecified atom stereocenters. The van der Waals surface area contributed by atoms with Crippen LogP contribution < -0.4 is 10.6 Å². The van der Waals surface area contributed by atoms with E-state index in [-0.39, 0.29) is 35.5 Å². The van der Waals surface area contributed by atoms with Crippen LogP contribution in [0.25, 0.3) is 0 Å². The lowest BCUT2D eigenvalue weighted by atomic mass is 9.86. The Balaban J connectivity index is 0.00000341. The maximum Gasteiger partial charge on any atom is 0.191 e. The summed E-state index contributed by atoms with van der Waals surface area (Å²) in [5.74, 6) is 2.49. The molecule has 1 fully saturated rings. The lowest BCUT2D eigenvalue weighted by molar-refractivity contribution is 0.113. The zero-order valence-electron chi connectivity index (χ0n) is 18.8. The first-order valence-electron chi connectivity index (χ1n) is 10.6. The summed E-state index contributed by atoms with van der Waals surface area (Å²) in [7, 11) is 1.96. The third-order valence-corrected chi connectivity index (χ3v) is 5.62. The van der Waals surface area contributed by atoms with Crippen molar-refractivity contribution in [1.82, 2.24) is 25.4 Å². The second kappa shape index (κ2) is 12.0. The van der Waals surface area contributed by atoms with Gasteiger partial charge in [0.2, 0.25) is 0 Å². The minimum Gasteiger partial charge on any atom is -0.376 e. The molecule has 31 heavy (non-hydrogen) atoms. The molecule has 0 bridgehead atoms. The monoisotopic (exact) mass is 560 g/mol. The number of hydrogen-bond acceptors (Lipinski definition) is 4. The van der Waals surface area contributed by atoms with Crippen LogP contribution in [0, 0.1) is 12.3 Å². The van der Waals surface area contributed by atoms with Crippen molar-refractivity contribution in [2.75, 3.05) is 19.7 Å². The van der Waals surface area contributed by atoms with Crippen molar-refractivity contribution in [3.63, 3.8) is 0 Å². The van der Waals surface area contributed by atoms with E-state index in [1.807, 2.05) is 36.7 Å². The Morgan fingerprint density at radius 2 is 2.13 bits per heavy atom. The molecule has 9 heteroatoms. The van der Waals surface area contributed by atoms with Gasteiger partial charge in [0.05, 0.1) is 6.10 Å². The van der Waals surface area contributed by atoms with E-state index in [2.05, 4.69) is 40.7 Å². The third kappa shape index (κ3) is 8.23. The number of nitrogens with zero attached hydrogens (tertiary/aromatic N) is 4. The van der Waals surface area contributed by atoms with Gasteiger partial charge in [-0.1, -0.05) is 37.6 Å². The predicted octanol–water partition coefficient (Wildman–Crippen LogP) is 3.88. The van der Waals surface area contributed by atoms with E-state index in [4.69, 9.17) is 21.3 Å². The van der Waals surface area contributed by atoms with Crippen LogP contribution in [0.2, 0.25) is 5.02 Å². The zero-order chi connectivity index (χ0) is 21.6. The number of nitrogens with one attached hydrogen (secondary N) is 2. The van der Waals surface area contributed by atoms with Crippen LogP contribution in [0.15, 0.2) is 29.3 Å². The summed E-state index contributed by atoms with van der Waals surface area (Å²) in [5, 5.41) is 16.0. The Hall–Kier alpha value is -1.39. The fraction of sp³-hybridized carbons (Fsp3) is 0.591. The van der Waals surface area contributed by atoms with Gasteiger partial charge in [0.1, 0.15) is 12.4 Å². The van der Waals surface area contributed by atoms with Gasteiger partial charge in [-0.05, 0) is 49.3 Å². The summed E-state index contributed by atoms with van der Waals surface area (Å²) in [6, 6.07) is 8.06. The molecule has 1 aromatic carbocycles. The maximum atomic E-state index is 6.15. The van der Waals surface area contributed by atoms with E-state index in [0.717, 1.165) is 61.6 Å². The molecule has 2 N–H and O–H groups in total. The minimum atomic E-state index is 0. The highest BCUT2D eigenvalue weighted by atomic mass is 127. The van der Waals surface area contributed by atoms with Crippen LogP contribution in [-0.4, -0.2) is 46.5 Å². The minimum absolute atomic E-state index is 0. The van der Waals surface area contributed by atoms with Gasteiger partial charge in [-0.15, -0.1) is 34.2 Å². The number of aryl methyl sites for hydroxylation is 1. The molecule has 1 aromatic heterocycles. The van der Waals surface area contributed by atoms with Gasteiger partial charge in [0.25, 0.3) is 0 Å². The van der Waals surface area contributed by atoms with Crippen molar-refractivity contribution < 1.29 is 4.74 Å². The molecule has 0 saturated carbocycles. The van der Waals surface area contributed by atoms with Gasteiger partial charge >= 0.3 is 0 Å². The van der Waals surface area contributed by atoms with Crippen molar-refractivity contribution in [2.24, 2.45) is 17.5 Å². The number of halogens is 2. The van der Waals surface area contributed by atoms with Gasteiger partial charge in [0, 0.05) is 31.8 Å². The van der Waals surface area contributed by atoms with Gasteiger partial charge < -0.3 is 19.9 Å². The number of rotatable bonds is 8. The molecule has 172 valence electrons. The standard InChI is InChI=1S/C22H33ClN6O.HI/c1-16-27-28-20(29(16)4)14-25-21(24-13-19-9-6-10-30-19)26-15-22(2,3)12-17-7-5-8-18(23)11-17;/h5,7-8,11,19H,6,9-10,12-15H2,1-4H3,(H2,24,25,26);1H. The molecule has 1 saturated heterocycles. The highest BCUT2D eigenvalue weighted by Gasteiger charge is 2.21. The number of aliphatic imine (C=N–C) groups is 1. The highest BCUT2D eigenvalue weighted by molar-refractivity contribution is 14.0. The fourth-order valence-electron chi connectivity index (χ4n) is 3.51. The molecule has 0 spiro atoms. The number of aromatic nitrogens is 3. The lowest BCUT2D eigenvalue weighted by Gasteiger charge is -2.27. The van der Waals surface area contributed by atoms with Gasteiger partial charge in [-0.2, -0.15) is 0 Å². The fourth-order valence-corrected chi connectivity index (χ4v) is 3.73. The smallest absolute Gasteiger partial charge is 0.191 e. The Morgan fingerprint density at radius 3 is 2.77 bits per heavy atom. The van der Waals surface area contributed by atoms with Crippen molar-refractivity contribution in [1.29, 1.82) is 0 Å². The molecule has 1 aliphatic heterocycles. The van der Waals surface area contributed by atoms with Crippen molar-refractivity contribution in [2.45, 2.75) is 52.7 Å². The van der Waals surface area contributed by atoms with Crippen LogP contribution in [0.3, 0.4) is 0 Å². The topological polar surface area (TPSA) is 76.4 Å². The summed E-state index contributed by atoms with van der Waals surface area (Å²) < 4.78 is 7.70. The average Bonchev–Trinajstić information content (AvgIpc) is 3.32. The number of benzene rings is 1. The number of guanidine groups is 1. The first-order chi connectivity index (χ1) is 14.3. The molecule has 3 rings (SSSR count). The quantitative estimate of drug-likeness (QED) is 0.291. The SMILES string of the molecule is Cc1nnc(CN=C(NCC2CCCO2)NCC(C)(C)Cc2cccc(Cl)c2)n1C.I.